The lowest BCUT2D eigenvalue weighted by atomic mass is 10.1. The van der Waals surface area contributed by atoms with Crippen molar-refractivity contribution in [1.29, 1.82) is 0 Å². The summed E-state index contributed by atoms with van der Waals surface area (Å²) in [5.41, 5.74) is 6.14. The zero-order valence-electron chi connectivity index (χ0n) is 4.63. The summed E-state index contributed by atoms with van der Waals surface area (Å²) in [6, 6.07) is 0. The maximum Gasteiger partial charge on any atom is 0.166 e. The lowest BCUT2D eigenvalue weighted by Crippen LogP contribution is -2.10. The quantitative estimate of drug-likeness (QED) is 0.402. The Morgan fingerprint density at radius 3 is 2.62 bits per heavy atom. The Morgan fingerprint density at radius 2 is 2.25 bits per heavy atom. The molecule has 40 valence electrons. The summed E-state index contributed by atoms with van der Waals surface area (Å²) < 4.78 is 0. The van der Waals surface area contributed by atoms with Gasteiger partial charge in [0.15, 0.2) is 7.85 Å². The van der Waals surface area contributed by atoms with Gasteiger partial charge in [-0.15, -0.1) is 0 Å². The molecule has 0 atom stereocenters. The summed E-state index contributed by atoms with van der Waals surface area (Å²) >= 11 is 0. The Balaban J connectivity index is 3.08. The van der Waals surface area contributed by atoms with Crippen LogP contribution in [0.25, 0.3) is 0 Å². The van der Waals surface area contributed by atoms with Gasteiger partial charge in [0.1, 0.15) is 5.82 Å². The van der Waals surface area contributed by atoms with Crippen LogP contribution in [0.2, 0.25) is 0 Å². The molecule has 0 bridgehead atoms. The third-order valence-corrected chi connectivity index (χ3v) is 0.774. The van der Waals surface area contributed by atoms with E-state index >= 15 is 0 Å². The van der Waals surface area contributed by atoms with E-state index < -0.39 is 0 Å². The lowest BCUT2D eigenvalue weighted by Gasteiger charge is -1.89. The number of anilines is 1. The van der Waals surface area contributed by atoms with Gasteiger partial charge in [-0.3, -0.25) is 4.98 Å². The highest BCUT2D eigenvalue weighted by atomic mass is 14.9. The van der Waals surface area contributed by atoms with Gasteiger partial charge in [0.2, 0.25) is 0 Å². The third-order valence-electron chi connectivity index (χ3n) is 0.774. The molecule has 2 N–H and O–H groups in total. The normalized spacial score (nSPS) is 9.00. The standard InChI is InChI=1S/C4H6BN3/c5-3-1-7-2-4(6)8-3/h1-2H,5H2,(H2,6,8). The first kappa shape index (κ1) is 5.09. The number of rotatable bonds is 0. The summed E-state index contributed by atoms with van der Waals surface area (Å²) in [5.74, 6) is 0.477. The van der Waals surface area contributed by atoms with Crippen LogP contribution in [0.1, 0.15) is 0 Å². The largest absolute Gasteiger partial charge is 0.382 e. The molecule has 0 unspecified atom stereocenters. The van der Waals surface area contributed by atoms with Crippen molar-refractivity contribution in [2.45, 2.75) is 0 Å². The fourth-order valence-corrected chi connectivity index (χ4v) is 0.483. The molecule has 0 amide bonds. The smallest absolute Gasteiger partial charge is 0.166 e. The predicted molar refractivity (Wildman–Crippen MR) is 34.6 cm³/mol. The number of nitrogens with two attached hydrogens (primary N) is 1. The molecule has 0 saturated heterocycles. The molecular weight excluding hydrogens is 101 g/mol. The topological polar surface area (TPSA) is 51.8 Å². The van der Waals surface area contributed by atoms with E-state index in [-0.39, 0.29) is 0 Å². The van der Waals surface area contributed by atoms with E-state index in [1.165, 1.54) is 6.20 Å². The Labute approximate surface area is 48.4 Å². The van der Waals surface area contributed by atoms with Crippen molar-refractivity contribution in [2.24, 2.45) is 0 Å². The average Bonchev–Trinajstić information content (AvgIpc) is 1.64. The molecule has 0 aliphatic carbocycles. The van der Waals surface area contributed by atoms with Gasteiger partial charge in [-0.2, -0.15) is 0 Å². The Kier molecular flexibility index (Phi) is 1.16. The van der Waals surface area contributed by atoms with Crippen LogP contribution in [-0.4, -0.2) is 17.8 Å². The third kappa shape index (κ3) is 0.962. The first-order valence-electron chi connectivity index (χ1n) is 2.33. The Hall–Kier alpha value is -1.06. The number of hydrogen-bond donors (Lipinski definition) is 1. The van der Waals surface area contributed by atoms with E-state index in [0.29, 0.717) is 5.82 Å². The van der Waals surface area contributed by atoms with Crippen molar-refractivity contribution in [1.82, 2.24) is 9.97 Å². The second-order valence-corrected chi connectivity index (χ2v) is 1.59. The van der Waals surface area contributed by atoms with Crippen LogP contribution in [0.3, 0.4) is 0 Å². The van der Waals surface area contributed by atoms with E-state index in [0.717, 1.165) is 5.59 Å². The van der Waals surface area contributed by atoms with Crippen LogP contribution < -0.4 is 11.3 Å². The van der Waals surface area contributed by atoms with Crippen molar-refractivity contribution >= 4 is 19.3 Å². The van der Waals surface area contributed by atoms with Crippen molar-refractivity contribution < 1.29 is 0 Å². The average molecular weight is 107 g/mol. The molecule has 4 heteroatoms. The van der Waals surface area contributed by atoms with Crippen LogP contribution in [-0.2, 0) is 0 Å². The molecule has 0 saturated carbocycles. The van der Waals surface area contributed by atoms with Crippen LogP contribution in [0.5, 0.6) is 0 Å². The lowest BCUT2D eigenvalue weighted by molar-refractivity contribution is 1.25. The van der Waals surface area contributed by atoms with Gasteiger partial charge < -0.3 is 5.73 Å². The molecule has 1 heterocycles. The molecule has 1 aromatic heterocycles. The zero-order chi connectivity index (χ0) is 5.98. The molecule has 8 heavy (non-hydrogen) atoms. The van der Waals surface area contributed by atoms with E-state index in [4.69, 9.17) is 5.73 Å². The summed E-state index contributed by atoms with van der Waals surface area (Å²) in [7, 11) is 1.85. The van der Waals surface area contributed by atoms with E-state index in [9.17, 15) is 0 Å². The minimum Gasteiger partial charge on any atom is -0.382 e. The second kappa shape index (κ2) is 1.82. The van der Waals surface area contributed by atoms with E-state index in [1.807, 2.05) is 7.85 Å². The van der Waals surface area contributed by atoms with Crippen molar-refractivity contribution in [2.75, 3.05) is 5.73 Å². The van der Waals surface area contributed by atoms with Gasteiger partial charge >= 0.3 is 0 Å². The summed E-state index contributed by atoms with van der Waals surface area (Å²) in [4.78, 5) is 7.69. The molecular formula is C4H6BN3. The maximum atomic E-state index is 5.28. The summed E-state index contributed by atoms with van der Waals surface area (Å²) in [5, 5.41) is 0. The van der Waals surface area contributed by atoms with Gasteiger partial charge in [-0.05, 0) is 0 Å². The molecule has 0 radical (unpaired) electrons. The van der Waals surface area contributed by atoms with Crippen molar-refractivity contribution in [3.8, 4) is 0 Å². The molecule has 3 nitrogen and oxygen atoms in total. The van der Waals surface area contributed by atoms with E-state index in [1.54, 1.807) is 6.20 Å². The molecule has 1 aromatic rings. The Bertz CT molecular complexity index is 171. The monoisotopic (exact) mass is 107 g/mol. The highest BCUT2D eigenvalue weighted by molar-refractivity contribution is 6.30. The SMILES string of the molecule is Bc1cncc(N)n1. The highest BCUT2D eigenvalue weighted by Crippen LogP contribution is 1.82. The molecule has 0 spiro atoms. The van der Waals surface area contributed by atoms with Crippen LogP contribution in [0, 0.1) is 0 Å². The Morgan fingerprint density at radius 1 is 1.50 bits per heavy atom. The molecule has 1 rings (SSSR count). The number of hydrogen-bond acceptors (Lipinski definition) is 3. The van der Waals surface area contributed by atoms with Gasteiger partial charge in [0.05, 0.1) is 6.20 Å². The highest BCUT2D eigenvalue weighted by Gasteiger charge is 1.84. The van der Waals surface area contributed by atoms with Gasteiger partial charge in [-0.25, -0.2) is 4.98 Å². The molecule has 0 aromatic carbocycles. The minimum absolute atomic E-state index is 0.477. The summed E-state index contributed by atoms with van der Waals surface area (Å²) in [6.45, 7) is 0. The van der Waals surface area contributed by atoms with E-state index in [2.05, 4.69) is 9.97 Å². The predicted octanol–water partition coefficient (Wildman–Crippen LogP) is -1.68. The van der Waals surface area contributed by atoms with Crippen LogP contribution in [0.4, 0.5) is 5.82 Å². The van der Waals surface area contributed by atoms with Gasteiger partial charge in [-0.1, -0.05) is 0 Å². The zero-order valence-corrected chi connectivity index (χ0v) is 4.63. The second-order valence-electron chi connectivity index (χ2n) is 1.59. The number of nitrogen functional groups attached to an aromatic ring is 1. The first-order chi connectivity index (χ1) is 3.79. The van der Waals surface area contributed by atoms with Gasteiger partial charge in [0, 0.05) is 11.8 Å². The summed E-state index contributed by atoms with van der Waals surface area (Å²) in [6.07, 6.45) is 3.18. The fourth-order valence-electron chi connectivity index (χ4n) is 0.483. The molecule has 0 fully saturated rings. The number of nitrogens with zero attached hydrogens (tertiary/aromatic N) is 2. The molecule has 0 aliphatic rings. The van der Waals surface area contributed by atoms with Crippen molar-refractivity contribution in [3.05, 3.63) is 12.4 Å². The fraction of sp³-hybridized carbons (Fsp3) is 0. The van der Waals surface area contributed by atoms with Gasteiger partial charge in [0.25, 0.3) is 0 Å². The minimum atomic E-state index is 0.477. The number of aromatic nitrogens is 2. The molecule has 0 aliphatic heterocycles. The maximum absolute atomic E-state index is 5.28. The first-order valence-corrected chi connectivity index (χ1v) is 2.33. The van der Waals surface area contributed by atoms with Crippen LogP contribution >= 0.6 is 0 Å². The van der Waals surface area contributed by atoms with Crippen molar-refractivity contribution in [3.63, 3.8) is 0 Å². The van der Waals surface area contributed by atoms with Crippen LogP contribution in [0.15, 0.2) is 12.4 Å².